The number of benzene rings is 1. The molecule has 0 fully saturated rings. The van der Waals surface area contributed by atoms with Gasteiger partial charge in [0.05, 0.1) is 11.4 Å². The third kappa shape index (κ3) is 5.59. The molecule has 0 aliphatic heterocycles. The zero-order valence-corrected chi connectivity index (χ0v) is 16.3. The summed E-state index contributed by atoms with van der Waals surface area (Å²) in [4.78, 5) is 30.6. The second-order valence-corrected chi connectivity index (χ2v) is 6.99. The lowest BCUT2D eigenvalue weighted by Crippen LogP contribution is -2.31. The van der Waals surface area contributed by atoms with Crippen molar-refractivity contribution in [2.24, 2.45) is 0 Å². The number of anilines is 1. The topological polar surface area (TPSA) is 62.3 Å². The number of pyridine rings is 1. The van der Waals surface area contributed by atoms with Crippen molar-refractivity contribution in [3.05, 3.63) is 53.7 Å². The standard InChI is InChI=1S/C20H25N3O2S/c1-4-23(5-2)19(24)13-15-7-9-17(10-8-15)22-20(25)16-11-12-21-18(14-16)26-6-3/h7-12,14H,4-6,13H2,1-3H3,(H,22,25). The van der Waals surface area contributed by atoms with Crippen molar-refractivity contribution in [2.75, 3.05) is 24.2 Å². The van der Waals surface area contributed by atoms with E-state index in [4.69, 9.17) is 0 Å². The maximum absolute atomic E-state index is 12.4. The molecule has 5 nitrogen and oxygen atoms in total. The Labute approximate surface area is 159 Å². The van der Waals surface area contributed by atoms with E-state index in [1.54, 1.807) is 30.1 Å². The molecule has 0 bridgehead atoms. The number of carbonyl (C=O) groups excluding carboxylic acids is 2. The highest BCUT2D eigenvalue weighted by Crippen LogP contribution is 2.17. The minimum atomic E-state index is -0.169. The largest absolute Gasteiger partial charge is 0.343 e. The lowest BCUT2D eigenvalue weighted by Gasteiger charge is -2.18. The summed E-state index contributed by atoms with van der Waals surface area (Å²) < 4.78 is 0. The van der Waals surface area contributed by atoms with E-state index in [0.717, 1.165) is 16.3 Å². The SMILES string of the molecule is CCSc1cc(C(=O)Nc2ccc(CC(=O)N(CC)CC)cc2)ccn1. The van der Waals surface area contributed by atoms with Gasteiger partial charge in [0.15, 0.2) is 0 Å². The molecule has 0 saturated carbocycles. The van der Waals surface area contributed by atoms with Crippen molar-refractivity contribution in [3.8, 4) is 0 Å². The van der Waals surface area contributed by atoms with E-state index in [0.29, 0.717) is 30.8 Å². The van der Waals surface area contributed by atoms with Crippen molar-refractivity contribution in [1.29, 1.82) is 0 Å². The van der Waals surface area contributed by atoms with Crippen molar-refractivity contribution in [2.45, 2.75) is 32.2 Å². The van der Waals surface area contributed by atoms with E-state index in [1.807, 2.05) is 49.9 Å². The maximum Gasteiger partial charge on any atom is 0.255 e. The summed E-state index contributed by atoms with van der Waals surface area (Å²) in [6, 6.07) is 10.9. The van der Waals surface area contributed by atoms with E-state index >= 15 is 0 Å². The highest BCUT2D eigenvalue weighted by Gasteiger charge is 2.11. The van der Waals surface area contributed by atoms with Gasteiger partial charge in [-0.15, -0.1) is 11.8 Å². The molecule has 1 heterocycles. The summed E-state index contributed by atoms with van der Waals surface area (Å²) in [7, 11) is 0. The Morgan fingerprint density at radius 3 is 2.38 bits per heavy atom. The summed E-state index contributed by atoms with van der Waals surface area (Å²) in [5.74, 6) is 0.855. The quantitative estimate of drug-likeness (QED) is 0.716. The number of rotatable bonds is 8. The molecule has 2 rings (SSSR count). The zero-order chi connectivity index (χ0) is 18.9. The van der Waals surface area contributed by atoms with E-state index in [2.05, 4.69) is 10.3 Å². The average molecular weight is 372 g/mol. The van der Waals surface area contributed by atoms with Gasteiger partial charge in [0.1, 0.15) is 0 Å². The predicted molar refractivity (Wildman–Crippen MR) is 107 cm³/mol. The van der Waals surface area contributed by atoms with Crippen LogP contribution in [0, 0.1) is 0 Å². The number of amides is 2. The number of hydrogen-bond acceptors (Lipinski definition) is 4. The van der Waals surface area contributed by atoms with Gasteiger partial charge in [-0.05, 0) is 49.4 Å². The average Bonchev–Trinajstić information content (AvgIpc) is 2.65. The van der Waals surface area contributed by atoms with Crippen molar-refractivity contribution in [1.82, 2.24) is 9.88 Å². The Bertz CT molecular complexity index is 743. The number of hydrogen-bond donors (Lipinski definition) is 1. The first kappa shape index (κ1) is 20.0. The van der Waals surface area contributed by atoms with E-state index in [1.165, 1.54) is 0 Å². The molecule has 0 aliphatic rings. The summed E-state index contributed by atoms with van der Waals surface area (Å²) in [5.41, 5.74) is 2.22. The van der Waals surface area contributed by atoms with Crippen LogP contribution >= 0.6 is 11.8 Å². The van der Waals surface area contributed by atoms with Gasteiger partial charge in [-0.3, -0.25) is 9.59 Å². The van der Waals surface area contributed by atoms with Gasteiger partial charge in [-0.2, -0.15) is 0 Å². The fourth-order valence-electron chi connectivity index (χ4n) is 2.55. The fourth-order valence-corrected chi connectivity index (χ4v) is 3.19. The first-order chi connectivity index (χ1) is 12.6. The molecular formula is C20H25N3O2S. The van der Waals surface area contributed by atoms with Crippen LogP contribution in [0.1, 0.15) is 36.7 Å². The van der Waals surface area contributed by atoms with Gasteiger partial charge < -0.3 is 10.2 Å². The van der Waals surface area contributed by atoms with Crippen LogP contribution in [0.4, 0.5) is 5.69 Å². The zero-order valence-electron chi connectivity index (χ0n) is 15.5. The predicted octanol–water partition coefficient (Wildman–Crippen LogP) is 3.86. The number of nitrogens with zero attached hydrogens (tertiary/aromatic N) is 2. The molecule has 1 aromatic heterocycles. The van der Waals surface area contributed by atoms with E-state index < -0.39 is 0 Å². The molecule has 1 aromatic carbocycles. The second-order valence-electron chi connectivity index (χ2n) is 5.71. The van der Waals surface area contributed by atoms with Crippen LogP contribution in [-0.2, 0) is 11.2 Å². The molecule has 2 aromatic rings. The molecule has 0 spiro atoms. The Hall–Kier alpha value is -2.34. The molecule has 0 unspecified atom stereocenters. The number of thioether (sulfide) groups is 1. The van der Waals surface area contributed by atoms with Gasteiger partial charge in [0.2, 0.25) is 5.91 Å². The number of aromatic nitrogens is 1. The minimum absolute atomic E-state index is 0.115. The highest BCUT2D eigenvalue weighted by molar-refractivity contribution is 7.99. The lowest BCUT2D eigenvalue weighted by atomic mass is 10.1. The van der Waals surface area contributed by atoms with Gasteiger partial charge in [0, 0.05) is 30.5 Å². The number of carbonyl (C=O) groups is 2. The third-order valence-corrected chi connectivity index (χ3v) is 4.78. The summed E-state index contributed by atoms with van der Waals surface area (Å²) >= 11 is 1.60. The molecule has 2 amide bonds. The first-order valence-electron chi connectivity index (χ1n) is 8.84. The van der Waals surface area contributed by atoms with Crippen molar-refractivity contribution in [3.63, 3.8) is 0 Å². The van der Waals surface area contributed by atoms with Gasteiger partial charge in [-0.1, -0.05) is 19.1 Å². The molecule has 0 aliphatic carbocycles. The Morgan fingerprint density at radius 2 is 1.77 bits per heavy atom. The van der Waals surface area contributed by atoms with Gasteiger partial charge in [0.25, 0.3) is 5.91 Å². The minimum Gasteiger partial charge on any atom is -0.343 e. The van der Waals surface area contributed by atoms with Crippen LogP contribution in [0.2, 0.25) is 0 Å². The summed E-state index contributed by atoms with van der Waals surface area (Å²) in [5, 5.41) is 3.72. The smallest absolute Gasteiger partial charge is 0.255 e. The van der Waals surface area contributed by atoms with Crippen molar-refractivity contribution < 1.29 is 9.59 Å². The molecular weight excluding hydrogens is 346 g/mol. The molecule has 138 valence electrons. The van der Waals surface area contributed by atoms with Crippen LogP contribution < -0.4 is 5.32 Å². The van der Waals surface area contributed by atoms with Crippen molar-refractivity contribution >= 4 is 29.3 Å². The molecule has 0 saturated heterocycles. The maximum atomic E-state index is 12.4. The normalized spacial score (nSPS) is 10.4. The molecule has 1 N–H and O–H groups in total. The Kier molecular flexibility index (Phi) is 7.66. The highest BCUT2D eigenvalue weighted by atomic mass is 32.2. The molecule has 26 heavy (non-hydrogen) atoms. The molecule has 0 radical (unpaired) electrons. The van der Waals surface area contributed by atoms with Crippen LogP contribution in [-0.4, -0.2) is 40.5 Å². The summed E-state index contributed by atoms with van der Waals surface area (Å²) in [6.45, 7) is 7.43. The molecule has 0 atom stereocenters. The molecule has 6 heteroatoms. The monoisotopic (exact) mass is 371 g/mol. The van der Waals surface area contributed by atoms with Crippen LogP contribution in [0.3, 0.4) is 0 Å². The van der Waals surface area contributed by atoms with Gasteiger partial charge >= 0.3 is 0 Å². The van der Waals surface area contributed by atoms with Crippen LogP contribution in [0.25, 0.3) is 0 Å². The van der Waals surface area contributed by atoms with Crippen LogP contribution in [0.5, 0.6) is 0 Å². The lowest BCUT2D eigenvalue weighted by molar-refractivity contribution is -0.130. The van der Waals surface area contributed by atoms with Gasteiger partial charge in [-0.25, -0.2) is 4.98 Å². The second kappa shape index (κ2) is 9.97. The van der Waals surface area contributed by atoms with Crippen LogP contribution in [0.15, 0.2) is 47.6 Å². The van der Waals surface area contributed by atoms with E-state index in [9.17, 15) is 9.59 Å². The number of likely N-dealkylation sites (N-methyl/N-ethyl adjacent to an activating group) is 1. The Balaban J connectivity index is 1.99. The Morgan fingerprint density at radius 1 is 1.08 bits per heavy atom. The fraction of sp³-hybridized carbons (Fsp3) is 0.350. The summed E-state index contributed by atoms with van der Waals surface area (Å²) in [6.07, 6.45) is 2.02. The number of nitrogens with one attached hydrogen (secondary N) is 1. The third-order valence-electron chi connectivity index (χ3n) is 3.97. The first-order valence-corrected chi connectivity index (χ1v) is 9.82. The van der Waals surface area contributed by atoms with E-state index in [-0.39, 0.29) is 11.8 Å².